The van der Waals surface area contributed by atoms with E-state index in [2.05, 4.69) is 4.98 Å². The highest BCUT2D eigenvalue weighted by atomic mass is 32.2. The molecular formula is C19H24FN2O6PS2. The van der Waals surface area contributed by atoms with Gasteiger partial charge in [-0.05, 0) is 60.8 Å². The molecule has 31 heavy (non-hydrogen) atoms. The molecule has 1 aromatic heterocycles. The van der Waals surface area contributed by atoms with Crippen LogP contribution in [-0.2, 0) is 30.7 Å². The van der Waals surface area contributed by atoms with E-state index >= 15 is 0 Å². The van der Waals surface area contributed by atoms with Gasteiger partial charge in [0.1, 0.15) is 16.4 Å². The van der Waals surface area contributed by atoms with Crippen LogP contribution in [0.15, 0.2) is 28.6 Å². The number of anilines is 1. The summed E-state index contributed by atoms with van der Waals surface area (Å²) >= 11 is 0.966. The van der Waals surface area contributed by atoms with Gasteiger partial charge in [-0.3, -0.25) is 4.79 Å². The van der Waals surface area contributed by atoms with Crippen molar-refractivity contribution in [2.45, 2.75) is 44.6 Å². The number of benzene rings is 1. The van der Waals surface area contributed by atoms with E-state index < -0.39 is 33.4 Å². The van der Waals surface area contributed by atoms with Gasteiger partial charge in [-0.15, -0.1) is 11.3 Å². The summed E-state index contributed by atoms with van der Waals surface area (Å²) in [5, 5.41) is 0.0890. The summed E-state index contributed by atoms with van der Waals surface area (Å²) in [5.74, 6) is -2.20. The molecule has 0 aliphatic rings. The smallest absolute Gasteiger partial charge is 0.360 e. The molecule has 0 fully saturated rings. The van der Waals surface area contributed by atoms with Crippen molar-refractivity contribution in [1.82, 2.24) is 4.98 Å². The summed E-state index contributed by atoms with van der Waals surface area (Å²) < 4.78 is 52.0. The van der Waals surface area contributed by atoms with Crippen molar-refractivity contribution >= 4 is 47.0 Å². The standard InChI is InChI=1S/C19H24FN2O6PS2/c1-6-27-15(23)9-12-7-8-13(10-14(12)20)31(25,26)22(29-5)17-16(21-11-30-17)18(24)28-19(2,3)4/h7-8,10-11,29H,6,9H2,1-5H3. The van der Waals surface area contributed by atoms with Crippen LogP contribution in [0.2, 0.25) is 0 Å². The van der Waals surface area contributed by atoms with Gasteiger partial charge in [0.25, 0.3) is 10.0 Å². The van der Waals surface area contributed by atoms with E-state index in [1.807, 2.05) is 0 Å². The summed E-state index contributed by atoms with van der Waals surface area (Å²) in [4.78, 5) is 27.7. The lowest BCUT2D eigenvalue weighted by Crippen LogP contribution is -2.27. The van der Waals surface area contributed by atoms with E-state index in [4.69, 9.17) is 9.47 Å². The monoisotopic (exact) mass is 490 g/mol. The summed E-state index contributed by atoms with van der Waals surface area (Å²) in [6.07, 6.45) is -0.309. The minimum atomic E-state index is -4.20. The number of hydrogen-bond acceptors (Lipinski definition) is 8. The van der Waals surface area contributed by atoms with Crippen LogP contribution in [0.3, 0.4) is 0 Å². The minimum Gasteiger partial charge on any atom is -0.466 e. The van der Waals surface area contributed by atoms with E-state index in [0.29, 0.717) is 0 Å². The highest BCUT2D eigenvalue weighted by Gasteiger charge is 2.32. The molecule has 12 heteroatoms. The number of rotatable bonds is 8. The summed E-state index contributed by atoms with van der Waals surface area (Å²) in [6.45, 7) is 8.47. The van der Waals surface area contributed by atoms with E-state index in [-0.39, 0.29) is 42.9 Å². The number of halogens is 1. The van der Waals surface area contributed by atoms with Crippen molar-refractivity contribution in [3.8, 4) is 0 Å². The number of aromatic nitrogens is 1. The molecule has 0 saturated heterocycles. The van der Waals surface area contributed by atoms with Crippen molar-refractivity contribution in [1.29, 1.82) is 0 Å². The zero-order valence-electron chi connectivity index (χ0n) is 17.8. The third-order valence-electron chi connectivity index (χ3n) is 3.73. The molecule has 2 aromatic rings. The van der Waals surface area contributed by atoms with Gasteiger partial charge in [0.15, 0.2) is 5.69 Å². The van der Waals surface area contributed by atoms with Crippen LogP contribution in [-0.4, -0.2) is 44.2 Å². The molecule has 0 saturated carbocycles. The zero-order chi connectivity index (χ0) is 23.4. The normalized spacial score (nSPS) is 12.2. The Morgan fingerprint density at radius 1 is 1.29 bits per heavy atom. The first-order valence-corrected chi connectivity index (χ1v) is 13.0. The molecule has 2 rings (SSSR count). The number of carbonyl (C=O) groups excluding carboxylic acids is 2. The third kappa shape index (κ3) is 6.21. The Labute approximate surface area is 186 Å². The molecule has 1 aromatic carbocycles. The average Bonchev–Trinajstić information content (AvgIpc) is 3.12. The van der Waals surface area contributed by atoms with Gasteiger partial charge in [0.2, 0.25) is 0 Å². The Morgan fingerprint density at radius 2 is 1.97 bits per heavy atom. The van der Waals surface area contributed by atoms with Gasteiger partial charge >= 0.3 is 11.9 Å². The zero-order valence-corrected chi connectivity index (χ0v) is 20.4. The maximum atomic E-state index is 14.5. The highest BCUT2D eigenvalue weighted by molar-refractivity contribution is 7.98. The number of hydrogen-bond donors (Lipinski definition) is 0. The number of sulfonamides is 1. The number of esters is 2. The Kier molecular flexibility index (Phi) is 8.13. The molecule has 0 bridgehead atoms. The van der Waals surface area contributed by atoms with E-state index in [0.717, 1.165) is 21.5 Å². The maximum Gasteiger partial charge on any atom is 0.360 e. The summed E-state index contributed by atoms with van der Waals surface area (Å²) in [6, 6.07) is 3.30. The predicted molar refractivity (Wildman–Crippen MR) is 118 cm³/mol. The van der Waals surface area contributed by atoms with Crippen LogP contribution < -0.4 is 4.08 Å². The summed E-state index contributed by atoms with van der Waals surface area (Å²) in [5.41, 5.74) is 0.460. The molecule has 170 valence electrons. The van der Waals surface area contributed by atoms with Crippen LogP contribution >= 0.6 is 20.1 Å². The molecular weight excluding hydrogens is 466 g/mol. The van der Waals surface area contributed by atoms with Crippen LogP contribution in [0.4, 0.5) is 9.39 Å². The van der Waals surface area contributed by atoms with E-state index in [1.165, 1.54) is 17.6 Å². The second kappa shape index (κ2) is 10.0. The number of thiazole rings is 1. The fourth-order valence-electron chi connectivity index (χ4n) is 2.49. The van der Waals surface area contributed by atoms with E-state index in [9.17, 15) is 22.4 Å². The topological polar surface area (TPSA) is 103 Å². The minimum absolute atomic E-state index is 0.0233. The van der Waals surface area contributed by atoms with Crippen LogP contribution in [0.1, 0.15) is 43.7 Å². The molecule has 0 radical (unpaired) electrons. The number of nitrogens with zero attached hydrogens (tertiary/aromatic N) is 2. The van der Waals surface area contributed by atoms with Crippen molar-refractivity contribution < 1.29 is 31.9 Å². The maximum absolute atomic E-state index is 14.5. The van der Waals surface area contributed by atoms with Gasteiger partial charge in [0, 0.05) is 0 Å². The third-order valence-corrected chi connectivity index (χ3v) is 8.23. The molecule has 0 N–H and O–H groups in total. The van der Waals surface area contributed by atoms with Crippen molar-refractivity contribution in [2.75, 3.05) is 17.3 Å². The number of ether oxygens (including phenoxy) is 2. The first-order valence-electron chi connectivity index (χ1n) is 9.24. The Hall–Kier alpha value is -2.10. The van der Waals surface area contributed by atoms with Crippen LogP contribution in [0, 0.1) is 5.82 Å². The molecule has 1 unspecified atom stereocenters. The largest absolute Gasteiger partial charge is 0.466 e. The lowest BCUT2D eigenvalue weighted by molar-refractivity contribution is -0.142. The molecule has 0 spiro atoms. The van der Waals surface area contributed by atoms with E-state index in [1.54, 1.807) is 34.4 Å². The average molecular weight is 491 g/mol. The lowest BCUT2D eigenvalue weighted by Gasteiger charge is -2.23. The van der Waals surface area contributed by atoms with Gasteiger partial charge in [-0.1, -0.05) is 6.07 Å². The Balaban J connectivity index is 2.39. The first-order chi connectivity index (χ1) is 14.4. The fourth-order valence-corrected chi connectivity index (χ4v) is 6.54. The number of carbonyl (C=O) groups is 2. The first kappa shape index (κ1) is 25.2. The SMILES string of the molecule is CCOC(=O)Cc1ccc(S(=O)(=O)N(PC)c2scnc2C(=O)OC(C)(C)C)cc1F. The molecule has 1 heterocycles. The van der Waals surface area contributed by atoms with Gasteiger partial charge in [-0.25, -0.2) is 26.7 Å². The van der Waals surface area contributed by atoms with Crippen molar-refractivity contribution in [2.24, 2.45) is 0 Å². The van der Waals surface area contributed by atoms with Gasteiger partial charge < -0.3 is 9.47 Å². The Morgan fingerprint density at radius 3 is 2.52 bits per heavy atom. The fraction of sp³-hybridized carbons (Fsp3) is 0.421. The van der Waals surface area contributed by atoms with Crippen molar-refractivity contribution in [3.63, 3.8) is 0 Å². The van der Waals surface area contributed by atoms with Crippen LogP contribution in [0.5, 0.6) is 0 Å². The van der Waals surface area contributed by atoms with Crippen LogP contribution in [0.25, 0.3) is 0 Å². The highest BCUT2D eigenvalue weighted by Crippen LogP contribution is 2.38. The lowest BCUT2D eigenvalue weighted by atomic mass is 10.1. The van der Waals surface area contributed by atoms with Crippen molar-refractivity contribution in [3.05, 3.63) is 40.8 Å². The van der Waals surface area contributed by atoms with Gasteiger partial charge in [-0.2, -0.15) is 0 Å². The molecule has 0 amide bonds. The quantitative estimate of drug-likeness (QED) is 0.410. The second-order valence-corrected chi connectivity index (χ2v) is 11.1. The molecule has 8 nitrogen and oxygen atoms in total. The second-order valence-electron chi connectivity index (χ2n) is 7.24. The molecule has 0 aliphatic carbocycles. The summed E-state index contributed by atoms with van der Waals surface area (Å²) in [7, 11) is -4.50. The Bertz CT molecular complexity index is 1070. The predicted octanol–water partition coefficient (Wildman–Crippen LogP) is 3.76. The van der Waals surface area contributed by atoms with Gasteiger partial charge in [0.05, 0.1) is 23.4 Å². The molecule has 0 aliphatic heterocycles. The molecule has 1 atom stereocenters.